The molecule has 2 heterocycles. The molecule has 0 bridgehead atoms. The number of hydrogen-bond donors (Lipinski definition) is 0. The van der Waals surface area contributed by atoms with Gasteiger partial charge >= 0.3 is 6.18 Å². The van der Waals surface area contributed by atoms with Gasteiger partial charge in [-0.05, 0) is 43.2 Å². The number of pyridine rings is 1. The Morgan fingerprint density at radius 3 is 2.53 bits per heavy atom. The highest BCUT2D eigenvalue weighted by atomic mass is 79.9. The molecule has 0 N–H and O–H groups in total. The summed E-state index contributed by atoms with van der Waals surface area (Å²) in [7, 11) is 3.37. The number of halogens is 4. The Bertz CT molecular complexity index is 882. The van der Waals surface area contributed by atoms with Gasteiger partial charge in [0.15, 0.2) is 0 Å². The van der Waals surface area contributed by atoms with Gasteiger partial charge in [-0.2, -0.15) is 13.2 Å². The first-order valence-electron chi connectivity index (χ1n) is 9.54. The van der Waals surface area contributed by atoms with E-state index in [1.54, 1.807) is 19.1 Å². The Balaban J connectivity index is 1.58. The summed E-state index contributed by atoms with van der Waals surface area (Å²) in [4.78, 5) is 20.5. The van der Waals surface area contributed by atoms with Gasteiger partial charge in [-0.15, -0.1) is 0 Å². The van der Waals surface area contributed by atoms with Gasteiger partial charge in [-0.3, -0.25) is 4.79 Å². The van der Waals surface area contributed by atoms with Crippen molar-refractivity contribution < 1.29 is 22.7 Å². The number of aromatic nitrogens is 1. The SMILES string of the molecule is COc1ccc(Br)cc1CN(C)C(=O)C1CCN(c2ccc(C(F)(F)F)cn2)CC1. The van der Waals surface area contributed by atoms with Gasteiger partial charge in [-0.25, -0.2) is 4.98 Å². The molecule has 1 saturated heterocycles. The van der Waals surface area contributed by atoms with Crippen LogP contribution in [0.5, 0.6) is 5.75 Å². The van der Waals surface area contributed by atoms with Crippen molar-refractivity contribution in [2.75, 3.05) is 32.1 Å². The van der Waals surface area contributed by atoms with Gasteiger partial charge in [0.25, 0.3) is 0 Å². The second kappa shape index (κ2) is 9.24. The highest BCUT2D eigenvalue weighted by Gasteiger charge is 2.32. The van der Waals surface area contributed by atoms with Crippen LogP contribution >= 0.6 is 15.9 Å². The maximum atomic E-state index is 12.9. The lowest BCUT2D eigenvalue weighted by molar-refractivity contribution is -0.138. The third kappa shape index (κ3) is 5.24. The molecule has 0 radical (unpaired) electrons. The Hall–Kier alpha value is -2.29. The van der Waals surface area contributed by atoms with Gasteiger partial charge in [0.05, 0.1) is 12.7 Å². The second-order valence-corrected chi connectivity index (χ2v) is 8.23. The zero-order valence-corrected chi connectivity index (χ0v) is 18.3. The number of ether oxygens (including phenoxy) is 1. The number of anilines is 1. The van der Waals surface area contributed by atoms with Crippen LogP contribution in [-0.2, 0) is 17.5 Å². The summed E-state index contributed by atoms with van der Waals surface area (Å²) < 4.78 is 44.4. The highest BCUT2D eigenvalue weighted by Crippen LogP contribution is 2.31. The molecule has 0 aliphatic carbocycles. The predicted octanol–water partition coefficient (Wildman–Crippen LogP) is 4.75. The molecule has 30 heavy (non-hydrogen) atoms. The normalized spacial score (nSPS) is 15.2. The monoisotopic (exact) mass is 485 g/mol. The molecule has 162 valence electrons. The molecule has 1 amide bonds. The van der Waals surface area contributed by atoms with Crippen molar-refractivity contribution in [1.82, 2.24) is 9.88 Å². The van der Waals surface area contributed by atoms with Crippen molar-refractivity contribution in [1.29, 1.82) is 0 Å². The topological polar surface area (TPSA) is 45.7 Å². The quantitative estimate of drug-likeness (QED) is 0.613. The van der Waals surface area contributed by atoms with Gasteiger partial charge in [0.1, 0.15) is 11.6 Å². The van der Waals surface area contributed by atoms with Crippen molar-refractivity contribution in [2.24, 2.45) is 5.92 Å². The average molecular weight is 486 g/mol. The number of carbonyl (C=O) groups is 1. The fourth-order valence-electron chi connectivity index (χ4n) is 3.61. The first kappa shape index (κ1) is 22.4. The standard InChI is InChI=1S/C21H23BrF3N3O2/c1-27(13-15-11-17(22)4-5-18(15)30-2)20(29)14-7-9-28(10-8-14)19-6-3-16(12-26-19)21(23,24)25/h3-6,11-12,14H,7-10,13H2,1-2H3. The summed E-state index contributed by atoms with van der Waals surface area (Å²) in [5, 5.41) is 0. The van der Waals surface area contributed by atoms with Crippen molar-refractivity contribution in [3.63, 3.8) is 0 Å². The molecule has 0 spiro atoms. The Kier molecular flexibility index (Phi) is 6.90. The number of benzene rings is 1. The predicted molar refractivity (Wildman–Crippen MR) is 111 cm³/mol. The number of rotatable bonds is 5. The van der Waals surface area contributed by atoms with E-state index in [0.29, 0.717) is 38.3 Å². The Morgan fingerprint density at radius 1 is 1.27 bits per heavy atom. The second-order valence-electron chi connectivity index (χ2n) is 7.31. The summed E-state index contributed by atoms with van der Waals surface area (Å²) in [5.74, 6) is 1.15. The number of methoxy groups -OCH3 is 1. The minimum atomic E-state index is -4.40. The number of piperidine rings is 1. The minimum Gasteiger partial charge on any atom is -0.496 e. The number of carbonyl (C=O) groups excluding carboxylic acids is 1. The molecule has 1 aromatic carbocycles. The molecule has 5 nitrogen and oxygen atoms in total. The van der Waals surface area contributed by atoms with E-state index in [4.69, 9.17) is 4.74 Å². The van der Waals surface area contributed by atoms with Gasteiger partial charge in [-0.1, -0.05) is 15.9 Å². The molecule has 1 aliphatic rings. The van der Waals surface area contributed by atoms with Crippen LogP contribution in [0.2, 0.25) is 0 Å². The number of amides is 1. The van der Waals surface area contributed by atoms with E-state index in [9.17, 15) is 18.0 Å². The van der Waals surface area contributed by atoms with Crippen LogP contribution < -0.4 is 9.64 Å². The van der Waals surface area contributed by atoms with Crippen LogP contribution in [0.1, 0.15) is 24.0 Å². The van der Waals surface area contributed by atoms with Crippen LogP contribution in [0.4, 0.5) is 19.0 Å². The van der Waals surface area contributed by atoms with Crippen LogP contribution in [0.25, 0.3) is 0 Å². The Labute approximate surface area is 182 Å². The van der Waals surface area contributed by atoms with Crippen LogP contribution in [0.3, 0.4) is 0 Å². The van der Waals surface area contributed by atoms with Crippen LogP contribution in [-0.4, -0.2) is 43.0 Å². The lowest BCUT2D eigenvalue weighted by Gasteiger charge is -2.34. The first-order valence-corrected chi connectivity index (χ1v) is 10.3. The van der Waals surface area contributed by atoms with Gasteiger partial charge in [0.2, 0.25) is 5.91 Å². The molecule has 1 aliphatic heterocycles. The van der Waals surface area contributed by atoms with E-state index in [-0.39, 0.29) is 11.8 Å². The lowest BCUT2D eigenvalue weighted by Crippen LogP contribution is -2.41. The maximum Gasteiger partial charge on any atom is 0.417 e. The fraction of sp³-hybridized carbons (Fsp3) is 0.429. The van der Waals surface area contributed by atoms with Crippen molar-refractivity contribution in [3.8, 4) is 5.75 Å². The van der Waals surface area contributed by atoms with Crippen LogP contribution in [0.15, 0.2) is 41.0 Å². The van der Waals surface area contributed by atoms with Crippen molar-refractivity contribution in [2.45, 2.75) is 25.6 Å². The van der Waals surface area contributed by atoms with E-state index in [1.807, 2.05) is 23.1 Å². The van der Waals surface area contributed by atoms with Gasteiger partial charge in [0, 0.05) is 48.8 Å². The smallest absolute Gasteiger partial charge is 0.417 e. The maximum absolute atomic E-state index is 12.9. The number of hydrogen-bond acceptors (Lipinski definition) is 4. The average Bonchev–Trinajstić information content (AvgIpc) is 2.73. The third-order valence-electron chi connectivity index (χ3n) is 5.27. The van der Waals surface area contributed by atoms with E-state index >= 15 is 0 Å². The summed E-state index contributed by atoms with van der Waals surface area (Å²) in [6.45, 7) is 1.58. The van der Waals surface area contributed by atoms with Gasteiger partial charge < -0.3 is 14.5 Å². The number of nitrogens with zero attached hydrogens (tertiary/aromatic N) is 3. The molecule has 9 heteroatoms. The van der Waals surface area contributed by atoms with Crippen molar-refractivity contribution in [3.05, 3.63) is 52.1 Å². The molecular weight excluding hydrogens is 463 g/mol. The summed E-state index contributed by atoms with van der Waals surface area (Å²) in [5.41, 5.74) is 0.148. The summed E-state index contributed by atoms with van der Waals surface area (Å²) >= 11 is 3.44. The van der Waals surface area contributed by atoms with Crippen LogP contribution in [0, 0.1) is 5.92 Å². The molecule has 2 aromatic rings. The molecule has 0 saturated carbocycles. The first-order chi connectivity index (χ1) is 14.2. The number of alkyl halides is 3. The van der Waals surface area contributed by atoms with E-state index < -0.39 is 11.7 Å². The van der Waals surface area contributed by atoms with E-state index in [2.05, 4.69) is 20.9 Å². The molecule has 3 rings (SSSR count). The van der Waals surface area contributed by atoms with E-state index in [1.165, 1.54) is 6.07 Å². The molecular formula is C21H23BrF3N3O2. The van der Waals surface area contributed by atoms with Crippen molar-refractivity contribution >= 4 is 27.7 Å². The summed E-state index contributed by atoms with van der Waals surface area (Å²) in [6, 6.07) is 8.10. The fourth-order valence-corrected chi connectivity index (χ4v) is 4.02. The molecule has 1 aromatic heterocycles. The minimum absolute atomic E-state index is 0.0528. The molecule has 0 atom stereocenters. The molecule has 1 fully saturated rings. The summed E-state index contributed by atoms with van der Waals surface area (Å²) in [6.07, 6.45) is -2.29. The third-order valence-corrected chi connectivity index (χ3v) is 5.76. The lowest BCUT2D eigenvalue weighted by atomic mass is 9.95. The van der Waals surface area contributed by atoms with E-state index in [0.717, 1.165) is 28.0 Å². The zero-order valence-electron chi connectivity index (χ0n) is 16.7. The highest BCUT2D eigenvalue weighted by molar-refractivity contribution is 9.10. The Morgan fingerprint density at radius 2 is 1.97 bits per heavy atom. The molecule has 0 unspecified atom stereocenters. The zero-order chi connectivity index (χ0) is 21.9. The largest absolute Gasteiger partial charge is 0.496 e.